The van der Waals surface area contributed by atoms with Crippen LogP contribution in [0.15, 0.2) is 29.2 Å². The molecule has 0 aromatic heterocycles. The number of sulfonamides is 1. The highest BCUT2D eigenvalue weighted by Gasteiger charge is 2.30. The number of hydrogen-bond donors (Lipinski definition) is 2. The van der Waals surface area contributed by atoms with Crippen LogP contribution in [0, 0.1) is 0 Å². The molecule has 20 heavy (non-hydrogen) atoms. The molecule has 0 saturated carbocycles. The number of aliphatic hydroxyl groups excluding tert-OH is 1. The van der Waals surface area contributed by atoms with Crippen molar-refractivity contribution >= 4 is 10.0 Å². The van der Waals surface area contributed by atoms with Gasteiger partial charge in [0, 0.05) is 6.54 Å². The fourth-order valence-corrected chi connectivity index (χ4v) is 2.24. The topological polar surface area (TPSA) is 66.4 Å². The molecule has 1 aromatic carbocycles. The van der Waals surface area contributed by atoms with Gasteiger partial charge in [-0.05, 0) is 24.3 Å². The second kappa shape index (κ2) is 6.02. The molecule has 1 rings (SSSR count). The van der Waals surface area contributed by atoms with Gasteiger partial charge in [-0.3, -0.25) is 0 Å². The summed E-state index contributed by atoms with van der Waals surface area (Å²) in [6, 6.07) is 2.50. The molecule has 10 heteroatoms. The predicted molar refractivity (Wildman–Crippen MR) is 58.6 cm³/mol. The van der Waals surface area contributed by atoms with E-state index in [2.05, 4.69) is 0 Å². The molecule has 0 bridgehead atoms. The van der Waals surface area contributed by atoms with E-state index in [1.807, 2.05) is 0 Å². The van der Waals surface area contributed by atoms with Crippen LogP contribution >= 0.6 is 0 Å². The Kier molecular flexibility index (Phi) is 5.05. The number of alkyl halides is 5. The van der Waals surface area contributed by atoms with Crippen LogP contribution in [-0.4, -0.2) is 32.6 Å². The summed E-state index contributed by atoms with van der Waals surface area (Å²) in [6.07, 6.45) is -9.94. The van der Waals surface area contributed by atoms with E-state index in [4.69, 9.17) is 5.11 Å². The maximum absolute atomic E-state index is 12.3. The summed E-state index contributed by atoms with van der Waals surface area (Å²) in [7, 11) is -4.26. The smallest absolute Gasteiger partial charge is 0.386 e. The first-order valence-corrected chi connectivity index (χ1v) is 6.65. The van der Waals surface area contributed by atoms with Crippen molar-refractivity contribution in [1.29, 1.82) is 0 Å². The first-order chi connectivity index (χ1) is 9.04. The van der Waals surface area contributed by atoms with E-state index in [1.54, 1.807) is 4.72 Å². The molecular weight excluding hydrogens is 309 g/mol. The number of hydrogen-bond acceptors (Lipinski definition) is 3. The van der Waals surface area contributed by atoms with Crippen molar-refractivity contribution in [3.8, 4) is 0 Å². The second-order valence-electron chi connectivity index (χ2n) is 3.78. The standard InChI is InChI=1S/C10H10F5NO3S/c11-9(12)8(17)5-16-20(18,19)7-3-1-6(2-4-7)10(13,14)15/h1-4,8-9,16-17H,5H2. The maximum Gasteiger partial charge on any atom is 0.416 e. The molecule has 0 fully saturated rings. The fourth-order valence-electron chi connectivity index (χ4n) is 1.19. The first kappa shape index (κ1) is 16.8. The molecule has 1 atom stereocenters. The van der Waals surface area contributed by atoms with E-state index >= 15 is 0 Å². The monoisotopic (exact) mass is 319 g/mol. The molecule has 4 nitrogen and oxygen atoms in total. The highest BCUT2D eigenvalue weighted by molar-refractivity contribution is 7.89. The molecule has 1 unspecified atom stereocenters. The summed E-state index contributed by atoms with van der Waals surface area (Å²) in [6.45, 7) is -0.943. The van der Waals surface area contributed by atoms with Gasteiger partial charge in [0.1, 0.15) is 6.10 Å². The summed E-state index contributed by atoms with van der Waals surface area (Å²) in [4.78, 5) is -0.521. The zero-order valence-corrected chi connectivity index (χ0v) is 10.5. The zero-order chi connectivity index (χ0) is 15.6. The Labute approximate surface area is 111 Å². The quantitative estimate of drug-likeness (QED) is 0.810. The van der Waals surface area contributed by atoms with Crippen molar-refractivity contribution in [1.82, 2.24) is 4.72 Å². The average Bonchev–Trinajstić information content (AvgIpc) is 2.35. The van der Waals surface area contributed by atoms with Crippen LogP contribution in [0.4, 0.5) is 22.0 Å². The van der Waals surface area contributed by atoms with Crippen LogP contribution in [0.2, 0.25) is 0 Å². The lowest BCUT2D eigenvalue weighted by molar-refractivity contribution is -0.137. The number of nitrogens with one attached hydrogen (secondary N) is 1. The SMILES string of the molecule is O=S(=O)(NCC(O)C(F)F)c1ccc(C(F)(F)F)cc1. The third kappa shape index (κ3) is 4.39. The lowest BCUT2D eigenvalue weighted by Crippen LogP contribution is -2.35. The van der Waals surface area contributed by atoms with E-state index in [0.29, 0.717) is 24.3 Å². The van der Waals surface area contributed by atoms with Crippen LogP contribution < -0.4 is 4.72 Å². The van der Waals surface area contributed by atoms with Crippen molar-refractivity contribution in [2.75, 3.05) is 6.54 Å². The van der Waals surface area contributed by atoms with Crippen LogP contribution in [0.5, 0.6) is 0 Å². The third-order valence-corrected chi connectivity index (χ3v) is 3.70. The van der Waals surface area contributed by atoms with Crippen molar-refractivity contribution in [3.05, 3.63) is 29.8 Å². The summed E-state index contributed by atoms with van der Waals surface area (Å²) in [5, 5.41) is 8.76. The van der Waals surface area contributed by atoms with E-state index < -0.39 is 45.7 Å². The highest BCUT2D eigenvalue weighted by atomic mass is 32.2. The van der Waals surface area contributed by atoms with Crippen LogP contribution in [0.3, 0.4) is 0 Å². The minimum absolute atomic E-state index is 0.521. The Morgan fingerprint density at radius 2 is 1.65 bits per heavy atom. The largest absolute Gasteiger partial charge is 0.416 e. The molecule has 0 aliphatic carbocycles. The number of rotatable bonds is 5. The second-order valence-corrected chi connectivity index (χ2v) is 5.54. The summed E-state index contributed by atoms with van der Waals surface area (Å²) < 4.78 is 85.6. The summed E-state index contributed by atoms with van der Waals surface area (Å²) in [5.41, 5.74) is -1.04. The van der Waals surface area contributed by atoms with Gasteiger partial charge >= 0.3 is 6.18 Å². The van der Waals surface area contributed by atoms with Gasteiger partial charge in [-0.15, -0.1) is 0 Å². The van der Waals surface area contributed by atoms with Crippen molar-refractivity contribution in [2.24, 2.45) is 0 Å². The molecular formula is C10H10F5NO3S. The molecule has 2 N–H and O–H groups in total. The Balaban J connectivity index is 2.83. The normalized spacial score (nSPS) is 14.6. The van der Waals surface area contributed by atoms with Gasteiger partial charge in [0.15, 0.2) is 0 Å². The minimum Gasteiger partial charge on any atom is -0.386 e. The van der Waals surface area contributed by atoms with Gasteiger partial charge in [-0.2, -0.15) is 13.2 Å². The Morgan fingerprint density at radius 3 is 2.05 bits per heavy atom. The average molecular weight is 319 g/mol. The first-order valence-electron chi connectivity index (χ1n) is 5.17. The molecule has 0 aliphatic heterocycles. The van der Waals surface area contributed by atoms with Crippen LogP contribution in [-0.2, 0) is 16.2 Å². The predicted octanol–water partition coefficient (Wildman–Crippen LogP) is 1.61. The number of halogens is 5. The summed E-state index contributed by atoms with van der Waals surface area (Å²) >= 11 is 0. The molecule has 0 radical (unpaired) electrons. The lowest BCUT2D eigenvalue weighted by Gasteiger charge is -2.12. The molecule has 0 amide bonds. The fraction of sp³-hybridized carbons (Fsp3) is 0.400. The molecule has 0 saturated heterocycles. The Bertz CT molecular complexity index is 541. The van der Waals surface area contributed by atoms with Gasteiger partial charge in [0.25, 0.3) is 6.43 Å². The molecule has 0 spiro atoms. The number of benzene rings is 1. The molecule has 1 aromatic rings. The molecule has 0 heterocycles. The van der Waals surface area contributed by atoms with Gasteiger partial charge in [0.05, 0.1) is 10.5 Å². The molecule has 114 valence electrons. The Morgan fingerprint density at radius 1 is 1.15 bits per heavy atom. The van der Waals surface area contributed by atoms with Crippen molar-refractivity contribution < 1.29 is 35.5 Å². The van der Waals surface area contributed by atoms with E-state index in [1.165, 1.54) is 0 Å². The van der Waals surface area contributed by atoms with E-state index in [0.717, 1.165) is 0 Å². The van der Waals surface area contributed by atoms with Gasteiger partial charge in [0.2, 0.25) is 10.0 Å². The van der Waals surface area contributed by atoms with E-state index in [-0.39, 0.29) is 0 Å². The van der Waals surface area contributed by atoms with Crippen molar-refractivity contribution in [2.45, 2.75) is 23.6 Å². The van der Waals surface area contributed by atoms with Gasteiger partial charge in [-0.25, -0.2) is 21.9 Å². The van der Waals surface area contributed by atoms with Crippen LogP contribution in [0.25, 0.3) is 0 Å². The maximum atomic E-state index is 12.3. The third-order valence-electron chi connectivity index (χ3n) is 2.27. The van der Waals surface area contributed by atoms with E-state index in [9.17, 15) is 30.4 Å². The Hall–Kier alpha value is -1.26. The number of aliphatic hydroxyl groups is 1. The van der Waals surface area contributed by atoms with Gasteiger partial charge < -0.3 is 5.11 Å². The minimum atomic E-state index is -4.61. The molecule has 0 aliphatic rings. The zero-order valence-electron chi connectivity index (χ0n) is 9.73. The van der Waals surface area contributed by atoms with Crippen LogP contribution in [0.1, 0.15) is 5.56 Å². The lowest BCUT2D eigenvalue weighted by atomic mass is 10.2. The summed E-state index contributed by atoms with van der Waals surface area (Å²) in [5.74, 6) is 0. The van der Waals surface area contributed by atoms with Crippen molar-refractivity contribution in [3.63, 3.8) is 0 Å². The highest BCUT2D eigenvalue weighted by Crippen LogP contribution is 2.29. The van der Waals surface area contributed by atoms with Gasteiger partial charge in [-0.1, -0.05) is 0 Å².